The first-order valence-corrected chi connectivity index (χ1v) is 6.95. The molecule has 0 aliphatic heterocycles. The summed E-state index contributed by atoms with van der Waals surface area (Å²) in [6.07, 6.45) is 0. The van der Waals surface area contributed by atoms with Crippen molar-refractivity contribution in [2.75, 3.05) is 39.3 Å². The Morgan fingerprint density at radius 2 is 2.05 bits per heavy atom. The quantitative estimate of drug-likeness (QED) is 0.791. The van der Waals surface area contributed by atoms with E-state index < -0.39 is 0 Å². The summed E-state index contributed by atoms with van der Waals surface area (Å²) < 4.78 is 17.0. The number of hydrogen-bond donors (Lipinski definition) is 1. The highest BCUT2D eigenvalue weighted by molar-refractivity contribution is 7.22. The molecule has 2 rings (SSSR count). The average Bonchev–Trinajstić information content (AvgIpc) is 2.84. The summed E-state index contributed by atoms with van der Waals surface area (Å²) in [6.45, 7) is 3.94. The number of fused-ring (bicyclic) bond motifs is 1. The van der Waals surface area contributed by atoms with E-state index in [4.69, 9.17) is 14.2 Å². The van der Waals surface area contributed by atoms with Crippen LogP contribution in [-0.2, 0) is 4.74 Å². The fourth-order valence-corrected chi connectivity index (χ4v) is 2.73. The summed E-state index contributed by atoms with van der Waals surface area (Å²) in [6, 6.07) is 3.80. The summed E-state index contributed by atoms with van der Waals surface area (Å²) in [5, 5.41) is 4.07. The Balaban J connectivity index is 2.34. The lowest BCUT2D eigenvalue weighted by molar-refractivity contribution is 0.211. The van der Waals surface area contributed by atoms with Crippen LogP contribution in [0.3, 0.4) is 0 Å². The molecule has 0 saturated carbocycles. The first kappa shape index (κ1) is 13.9. The molecule has 0 amide bonds. The smallest absolute Gasteiger partial charge is 0.184 e. The number of thiazole rings is 1. The van der Waals surface area contributed by atoms with Gasteiger partial charge in [-0.1, -0.05) is 11.3 Å². The van der Waals surface area contributed by atoms with Crippen LogP contribution in [0.1, 0.15) is 6.92 Å². The highest BCUT2D eigenvalue weighted by Crippen LogP contribution is 2.38. The van der Waals surface area contributed by atoms with Crippen molar-refractivity contribution in [3.05, 3.63) is 12.1 Å². The molecule has 19 heavy (non-hydrogen) atoms. The van der Waals surface area contributed by atoms with Gasteiger partial charge in [-0.25, -0.2) is 4.98 Å². The van der Waals surface area contributed by atoms with Crippen LogP contribution in [0.4, 0.5) is 5.13 Å². The standard InChI is InChI=1S/C13H18N2O3S/c1-4-18-9-5-6-10(17-3)12-11(9)15-13(19-12)14-7-8-16-2/h5-6H,4,7-8H2,1-3H3,(H,14,15). The van der Waals surface area contributed by atoms with Crippen LogP contribution in [0, 0.1) is 0 Å². The lowest BCUT2D eigenvalue weighted by atomic mass is 10.3. The van der Waals surface area contributed by atoms with E-state index in [2.05, 4.69) is 10.3 Å². The van der Waals surface area contributed by atoms with Gasteiger partial charge in [0.25, 0.3) is 0 Å². The molecule has 1 aromatic carbocycles. The minimum atomic E-state index is 0.616. The van der Waals surface area contributed by atoms with Crippen molar-refractivity contribution in [1.29, 1.82) is 0 Å². The van der Waals surface area contributed by atoms with E-state index in [0.717, 1.165) is 33.4 Å². The predicted molar refractivity (Wildman–Crippen MR) is 77.7 cm³/mol. The Bertz CT molecular complexity index is 542. The summed E-state index contributed by atoms with van der Waals surface area (Å²) >= 11 is 1.56. The normalized spacial score (nSPS) is 10.7. The van der Waals surface area contributed by atoms with E-state index in [-0.39, 0.29) is 0 Å². The van der Waals surface area contributed by atoms with E-state index in [9.17, 15) is 0 Å². The molecule has 0 aliphatic rings. The van der Waals surface area contributed by atoms with Gasteiger partial charge in [0, 0.05) is 13.7 Å². The number of anilines is 1. The summed E-state index contributed by atoms with van der Waals surface area (Å²) in [4.78, 5) is 4.56. The molecule has 0 radical (unpaired) electrons. The maximum atomic E-state index is 5.59. The maximum absolute atomic E-state index is 5.59. The van der Waals surface area contributed by atoms with Gasteiger partial charge >= 0.3 is 0 Å². The number of rotatable bonds is 7. The number of ether oxygens (including phenoxy) is 3. The van der Waals surface area contributed by atoms with Gasteiger partial charge in [-0.3, -0.25) is 0 Å². The van der Waals surface area contributed by atoms with E-state index >= 15 is 0 Å². The Labute approximate surface area is 116 Å². The molecule has 1 aromatic heterocycles. The van der Waals surface area contributed by atoms with E-state index in [0.29, 0.717) is 13.2 Å². The highest BCUT2D eigenvalue weighted by atomic mass is 32.1. The van der Waals surface area contributed by atoms with Crippen molar-refractivity contribution in [3.63, 3.8) is 0 Å². The molecule has 2 aromatic rings. The van der Waals surface area contributed by atoms with E-state index in [1.165, 1.54) is 0 Å². The summed E-state index contributed by atoms with van der Waals surface area (Å²) in [5.41, 5.74) is 0.839. The molecule has 5 nitrogen and oxygen atoms in total. The van der Waals surface area contributed by atoms with Crippen LogP contribution >= 0.6 is 11.3 Å². The third kappa shape index (κ3) is 3.08. The molecule has 0 unspecified atom stereocenters. The van der Waals surface area contributed by atoms with Crippen molar-refractivity contribution >= 4 is 26.7 Å². The zero-order chi connectivity index (χ0) is 13.7. The van der Waals surface area contributed by atoms with Crippen molar-refractivity contribution in [3.8, 4) is 11.5 Å². The SMILES string of the molecule is CCOc1ccc(OC)c2sc(NCCOC)nc12. The first-order chi connectivity index (χ1) is 9.30. The van der Waals surface area contributed by atoms with E-state index in [1.54, 1.807) is 25.6 Å². The molecule has 0 spiro atoms. The van der Waals surface area contributed by atoms with Crippen LogP contribution in [0.2, 0.25) is 0 Å². The molecule has 6 heteroatoms. The number of nitrogens with one attached hydrogen (secondary N) is 1. The average molecular weight is 282 g/mol. The fraction of sp³-hybridized carbons (Fsp3) is 0.462. The Hall–Kier alpha value is -1.53. The topological polar surface area (TPSA) is 52.6 Å². The molecular formula is C13H18N2O3S. The molecule has 0 fully saturated rings. The van der Waals surface area contributed by atoms with Crippen molar-refractivity contribution in [2.24, 2.45) is 0 Å². The second-order valence-corrected chi connectivity index (χ2v) is 4.81. The van der Waals surface area contributed by atoms with Crippen molar-refractivity contribution in [2.45, 2.75) is 6.92 Å². The van der Waals surface area contributed by atoms with Crippen LogP contribution in [0.25, 0.3) is 10.2 Å². The number of aromatic nitrogens is 1. The minimum absolute atomic E-state index is 0.616. The zero-order valence-electron chi connectivity index (χ0n) is 11.4. The van der Waals surface area contributed by atoms with Gasteiger partial charge in [-0.15, -0.1) is 0 Å². The van der Waals surface area contributed by atoms with Gasteiger partial charge in [0.2, 0.25) is 0 Å². The van der Waals surface area contributed by atoms with Crippen molar-refractivity contribution < 1.29 is 14.2 Å². The van der Waals surface area contributed by atoms with Gasteiger partial charge in [-0.05, 0) is 19.1 Å². The van der Waals surface area contributed by atoms with Gasteiger partial charge in [0.05, 0.1) is 20.3 Å². The predicted octanol–water partition coefficient (Wildman–Crippen LogP) is 2.76. The third-order valence-electron chi connectivity index (χ3n) is 2.57. The van der Waals surface area contributed by atoms with Crippen LogP contribution in [0.5, 0.6) is 11.5 Å². The first-order valence-electron chi connectivity index (χ1n) is 6.13. The Kier molecular flexibility index (Phi) is 4.81. The van der Waals surface area contributed by atoms with Gasteiger partial charge in [0.15, 0.2) is 5.13 Å². The van der Waals surface area contributed by atoms with Gasteiger partial charge in [-0.2, -0.15) is 0 Å². The second kappa shape index (κ2) is 6.58. The van der Waals surface area contributed by atoms with Crippen LogP contribution in [-0.4, -0.2) is 39.0 Å². The van der Waals surface area contributed by atoms with E-state index in [1.807, 2.05) is 19.1 Å². The maximum Gasteiger partial charge on any atom is 0.184 e. The molecule has 0 atom stereocenters. The summed E-state index contributed by atoms with van der Waals surface area (Å²) in [5.74, 6) is 1.60. The number of benzene rings is 1. The number of methoxy groups -OCH3 is 2. The molecule has 0 aliphatic carbocycles. The molecular weight excluding hydrogens is 264 g/mol. The number of nitrogens with zero attached hydrogens (tertiary/aromatic N) is 1. The molecule has 104 valence electrons. The zero-order valence-corrected chi connectivity index (χ0v) is 12.2. The second-order valence-electron chi connectivity index (χ2n) is 3.82. The monoisotopic (exact) mass is 282 g/mol. The van der Waals surface area contributed by atoms with Gasteiger partial charge < -0.3 is 19.5 Å². The molecule has 1 N–H and O–H groups in total. The minimum Gasteiger partial charge on any atom is -0.495 e. The third-order valence-corrected chi connectivity index (χ3v) is 3.60. The fourth-order valence-electron chi connectivity index (χ4n) is 1.73. The lowest BCUT2D eigenvalue weighted by Crippen LogP contribution is -2.06. The number of hydrogen-bond acceptors (Lipinski definition) is 6. The molecule has 0 bridgehead atoms. The lowest BCUT2D eigenvalue weighted by Gasteiger charge is -2.05. The highest BCUT2D eigenvalue weighted by Gasteiger charge is 2.13. The Morgan fingerprint density at radius 1 is 1.26 bits per heavy atom. The van der Waals surface area contributed by atoms with Gasteiger partial charge in [0.1, 0.15) is 21.7 Å². The summed E-state index contributed by atoms with van der Waals surface area (Å²) in [7, 11) is 3.34. The molecule has 1 heterocycles. The largest absolute Gasteiger partial charge is 0.495 e. The van der Waals surface area contributed by atoms with Crippen LogP contribution < -0.4 is 14.8 Å². The van der Waals surface area contributed by atoms with Crippen molar-refractivity contribution in [1.82, 2.24) is 4.98 Å². The van der Waals surface area contributed by atoms with Crippen LogP contribution in [0.15, 0.2) is 12.1 Å². The Morgan fingerprint density at radius 3 is 2.74 bits per heavy atom. The molecule has 0 saturated heterocycles.